The molecule has 27 heavy (non-hydrogen) atoms. The quantitative estimate of drug-likeness (QED) is 0.770. The molecule has 1 saturated heterocycles. The van der Waals surface area contributed by atoms with E-state index >= 15 is 0 Å². The molecule has 4 heterocycles. The molecule has 0 unspecified atom stereocenters. The van der Waals surface area contributed by atoms with Gasteiger partial charge in [-0.15, -0.1) is 0 Å². The molecule has 1 aliphatic heterocycles. The number of anilines is 2. The fourth-order valence-electron chi connectivity index (χ4n) is 3.44. The Kier molecular flexibility index (Phi) is 4.66. The molecular formula is C20H24N6O. The van der Waals surface area contributed by atoms with Gasteiger partial charge in [0.2, 0.25) is 5.95 Å². The number of hydrogen-bond acceptors (Lipinski definition) is 5. The van der Waals surface area contributed by atoms with Crippen LogP contribution in [0.2, 0.25) is 0 Å². The molecule has 0 bridgehead atoms. The number of carbonyl (C=O) groups excluding carboxylic acids is 1. The predicted molar refractivity (Wildman–Crippen MR) is 106 cm³/mol. The number of fused-ring (bicyclic) bond motifs is 1. The zero-order chi connectivity index (χ0) is 18.8. The van der Waals surface area contributed by atoms with Crippen LogP contribution in [0.15, 0.2) is 42.7 Å². The van der Waals surface area contributed by atoms with Gasteiger partial charge in [-0.25, -0.2) is 4.98 Å². The summed E-state index contributed by atoms with van der Waals surface area (Å²) in [6, 6.07) is 9.90. The van der Waals surface area contributed by atoms with Crippen molar-refractivity contribution in [1.29, 1.82) is 0 Å². The van der Waals surface area contributed by atoms with Crippen LogP contribution in [-0.4, -0.2) is 57.9 Å². The zero-order valence-electron chi connectivity index (χ0n) is 15.7. The van der Waals surface area contributed by atoms with Gasteiger partial charge in [-0.2, -0.15) is 4.98 Å². The zero-order valence-corrected chi connectivity index (χ0v) is 15.7. The van der Waals surface area contributed by atoms with E-state index < -0.39 is 0 Å². The first-order valence-electron chi connectivity index (χ1n) is 9.34. The molecule has 0 spiro atoms. The van der Waals surface area contributed by atoms with Crippen LogP contribution in [0.1, 0.15) is 23.0 Å². The van der Waals surface area contributed by atoms with Crippen molar-refractivity contribution in [2.24, 2.45) is 0 Å². The molecule has 1 amide bonds. The second-order valence-electron chi connectivity index (χ2n) is 6.76. The van der Waals surface area contributed by atoms with Gasteiger partial charge in [0.15, 0.2) is 0 Å². The molecule has 0 radical (unpaired) electrons. The lowest BCUT2D eigenvalue weighted by molar-refractivity contribution is 0.0746. The van der Waals surface area contributed by atoms with E-state index in [4.69, 9.17) is 0 Å². The Morgan fingerprint density at radius 3 is 2.70 bits per heavy atom. The minimum atomic E-state index is 0.0885. The van der Waals surface area contributed by atoms with Crippen molar-refractivity contribution in [3.8, 4) is 0 Å². The van der Waals surface area contributed by atoms with E-state index in [0.29, 0.717) is 19.0 Å². The largest absolute Gasteiger partial charge is 0.354 e. The van der Waals surface area contributed by atoms with Crippen molar-refractivity contribution < 1.29 is 4.79 Å². The molecule has 0 aromatic carbocycles. The first-order valence-corrected chi connectivity index (χ1v) is 9.34. The SMILES string of the molecule is CCNc1nc(C)cc(N2CCN(C(=O)c3cc4ccccn4c3)CC2)n1. The van der Waals surface area contributed by atoms with Gasteiger partial charge in [0.25, 0.3) is 5.91 Å². The fraction of sp³-hybridized carbons (Fsp3) is 0.350. The van der Waals surface area contributed by atoms with Crippen molar-refractivity contribution >= 4 is 23.2 Å². The highest BCUT2D eigenvalue weighted by atomic mass is 16.2. The van der Waals surface area contributed by atoms with Crippen LogP contribution in [-0.2, 0) is 0 Å². The topological polar surface area (TPSA) is 65.8 Å². The van der Waals surface area contributed by atoms with Crippen LogP contribution >= 0.6 is 0 Å². The van der Waals surface area contributed by atoms with Crippen LogP contribution in [0.25, 0.3) is 5.52 Å². The van der Waals surface area contributed by atoms with Crippen LogP contribution in [0.4, 0.5) is 11.8 Å². The summed E-state index contributed by atoms with van der Waals surface area (Å²) in [6.45, 7) is 7.69. The number of nitrogens with zero attached hydrogens (tertiary/aromatic N) is 5. The number of amides is 1. The molecule has 140 valence electrons. The maximum atomic E-state index is 12.9. The molecule has 7 heteroatoms. The van der Waals surface area contributed by atoms with Crippen LogP contribution in [0, 0.1) is 6.92 Å². The lowest BCUT2D eigenvalue weighted by Crippen LogP contribution is -2.49. The number of piperazine rings is 1. The molecule has 1 fully saturated rings. The second-order valence-corrected chi connectivity index (χ2v) is 6.76. The Labute approximate surface area is 158 Å². The lowest BCUT2D eigenvalue weighted by Gasteiger charge is -2.35. The van der Waals surface area contributed by atoms with Crippen LogP contribution in [0.5, 0.6) is 0 Å². The Morgan fingerprint density at radius 1 is 1.15 bits per heavy atom. The summed E-state index contributed by atoms with van der Waals surface area (Å²) in [5, 5.41) is 3.17. The summed E-state index contributed by atoms with van der Waals surface area (Å²) in [5.41, 5.74) is 2.71. The molecule has 1 N–H and O–H groups in total. The van der Waals surface area contributed by atoms with Gasteiger partial charge in [0.1, 0.15) is 5.82 Å². The monoisotopic (exact) mass is 364 g/mol. The van der Waals surface area contributed by atoms with E-state index in [1.807, 2.05) is 65.9 Å². The van der Waals surface area contributed by atoms with Gasteiger partial charge in [-0.05, 0) is 32.0 Å². The third kappa shape index (κ3) is 3.58. The second kappa shape index (κ2) is 7.26. The maximum absolute atomic E-state index is 12.9. The number of pyridine rings is 1. The molecular weight excluding hydrogens is 340 g/mol. The average molecular weight is 364 g/mol. The molecule has 0 atom stereocenters. The van der Waals surface area contributed by atoms with Crippen LogP contribution in [0.3, 0.4) is 0 Å². The molecule has 0 saturated carbocycles. The molecule has 0 aliphatic carbocycles. The van der Waals surface area contributed by atoms with Gasteiger partial charge in [0.05, 0.1) is 5.56 Å². The third-order valence-corrected chi connectivity index (χ3v) is 4.82. The van der Waals surface area contributed by atoms with Gasteiger partial charge < -0.3 is 19.5 Å². The van der Waals surface area contributed by atoms with E-state index in [0.717, 1.165) is 42.2 Å². The van der Waals surface area contributed by atoms with Crippen molar-refractivity contribution in [3.05, 3.63) is 54.0 Å². The standard InChI is InChI=1S/C20H24N6O/c1-3-21-20-22-15(2)12-18(23-20)24-8-10-25(11-9-24)19(27)16-13-17-6-4-5-7-26(17)14-16/h4-7,12-14H,3,8-11H2,1-2H3,(H,21,22,23). The molecule has 1 aliphatic rings. The molecule has 3 aromatic heterocycles. The minimum Gasteiger partial charge on any atom is -0.354 e. The maximum Gasteiger partial charge on any atom is 0.255 e. The average Bonchev–Trinajstić information content (AvgIpc) is 3.11. The van der Waals surface area contributed by atoms with Gasteiger partial charge in [0, 0.05) is 62.4 Å². The highest BCUT2D eigenvalue weighted by Crippen LogP contribution is 2.19. The minimum absolute atomic E-state index is 0.0885. The predicted octanol–water partition coefficient (Wildman–Crippen LogP) is 2.43. The normalized spacial score (nSPS) is 14.6. The highest BCUT2D eigenvalue weighted by molar-refractivity contribution is 5.95. The smallest absolute Gasteiger partial charge is 0.255 e. The number of hydrogen-bond donors (Lipinski definition) is 1. The number of rotatable bonds is 4. The summed E-state index contributed by atoms with van der Waals surface area (Å²) < 4.78 is 1.98. The van der Waals surface area contributed by atoms with Crippen molar-refractivity contribution in [1.82, 2.24) is 19.3 Å². The number of aromatic nitrogens is 3. The molecule has 7 nitrogen and oxygen atoms in total. The third-order valence-electron chi connectivity index (χ3n) is 4.82. The van der Waals surface area contributed by atoms with Gasteiger partial charge in [-0.1, -0.05) is 6.07 Å². The van der Waals surface area contributed by atoms with Crippen molar-refractivity contribution in [2.75, 3.05) is 42.9 Å². The van der Waals surface area contributed by atoms with Gasteiger partial charge in [-0.3, -0.25) is 4.79 Å². The fourth-order valence-corrected chi connectivity index (χ4v) is 3.44. The number of aryl methyl sites for hydroxylation is 1. The van der Waals surface area contributed by atoms with Crippen LogP contribution < -0.4 is 10.2 Å². The summed E-state index contributed by atoms with van der Waals surface area (Å²) in [5.74, 6) is 1.66. The number of nitrogens with one attached hydrogen (secondary N) is 1. The Hall–Kier alpha value is -3.09. The van der Waals surface area contributed by atoms with E-state index in [1.165, 1.54) is 0 Å². The number of carbonyl (C=O) groups is 1. The lowest BCUT2D eigenvalue weighted by atomic mass is 10.2. The first-order chi connectivity index (χ1) is 13.1. The van der Waals surface area contributed by atoms with Crippen molar-refractivity contribution in [2.45, 2.75) is 13.8 Å². The van der Waals surface area contributed by atoms with E-state index in [1.54, 1.807) is 0 Å². The van der Waals surface area contributed by atoms with E-state index in [-0.39, 0.29) is 5.91 Å². The van der Waals surface area contributed by atoms with Gasteiger partial charge >= 0.3 is 0 Å². The molecule has 3 aromatic rings. The van der Waals surface area contributed by atoms with Crippen molar-refractivity contribution in [3.63, 3.8) is 0 Å². The summed E-state index contributed by atoms with van der Waals surface area (Å²) >= 11 is 0. The Bertz CT molecular complexity index is 925. The summed E-state index contributed by atoms with van der Waals surface area (Å²) in [7, 11) is 0. The Balaban J connectivity index is 1.45. The summed E-state index contributed by atoms with van der Waals surface area (Å²) in [6.07, 6.45) is 3.87. The van der Waals surface area contributed by atoms with E-state index in [2.05, 4.69) is 20.2 Å². The molecule has 4 rings (SSSR count). The Morgan fingerprint density at radius 2 is 1.96 bits per heavy atom. The summed E-state index contributed by atoms with van der Waals surface area (Å²) in [4.78, 5) is 26.0. The highest BCUT2D eigenvalue weighted by Gasteiger charge is 2.24. The first kappa shape index (κ1) is 17.3. The van der Waals surface area contributed by atoms with E-state index in [9.17, 15) is 4.79 Å².